The van der Waals surface area contributed by atoms with Crippen molar-refractivity contribution in [1.82, 2.24) is 15.3 Å². The highest BCUT2D eigenvalue weighted by atomic mass is 32.1. The van der Waals surface area contributed by atoms with Gasteiger partial charge in [-0.05, 0) is 35.9 Å². The molecule has 0 saturated carbocycles. The van der Waals surface area contributed by atoms with Gasteiger partial charge in [-0.3, -0.25) is 0 Å². The van der Waals surface area contributed by atoms with Crippen molar-refractivity contribution in [2.75, 3.05) is 6.79 Å². The standard InChI is InChI=1S/C16H13N3O2S/c22-16(11-2-3-12-13(6-11)19-8-18-12)17-7-10-1-4-14-15(5-10)21-9-20-14/h1-6,8H,7,9H2,(H,17,22)(H,18,19). The number of hydrogen-bond donors (Lipinski definition) is 2. The van der Waals surface area contributed by atoms with Gasteiger partial charge in [-0.1, -0.05) is 18.3 Å². The van der Waals surface area contributed by atoms with Gasteiger partial charge in [-0.15, -0.1) is 0 Å². The molecule has 0 aliphatic carbocycles. The number of hydrogen-bond acceptors (Lipinski definition) is 4. The average molecular weight is 311 g/mol. The van der Waals surface area contributed by atoms with Gasteiger partial charge in [-0.25, -0.2) is 4.98 Å². The molecule has 1 aliphatic heterocycles. The predicted molar refractivity (Wildman–Crippen MR) is 87.2 cm³/mol. The maximum Gasteiger partial charge on any atom is 0.231 e. The van der Waals surface area contributed by atoms with E-state index in [0.717, 1.165) is 33.7 Å². The molecule has 0 spiro atoms. The van der Waals surface area contributed by atoms with E-state index < -0.39 is 0 Å². The summed E-state index contributed by atoms with van der Waals surface area (Å²) in [4.78, 5) is 7.99. The SMILES string of the molecule is S=C(NCc1ccc2c(c1)OCO2)c1ccc2nc[nH]c2c1. The Morgan fingerprint density at radius 1 is 1.18 bits per heavy atom. The van der Waals surface area contributed by atoms with Crippen LogP contribution in [0.4, 0.5) is 0 Å². The summed E-state index contributed by atoms with van der Waals surface area (Å²) in [5.41, 5.74) is 3.97. The Balaban J connectivity index is 1.47. The number of aromatic amines is 1. The molecule has 2 N–H and O–H groups in total. The van der Waals surface area contributed by atoms with Crippen LogP contribution < -0.4 is 14.8 Å². The van der Waals surface area contributed by atoms with Crippen molar-refractivity contribution in [3.05, 3.63) is 53.9 Å². The molecule has 0 amide bonds. The normalized spacial score (nSPS) is 12.5. The van der Waals surface area contributed by atoms with Gasteiger partial charge in [0.15, 0.2) is 11.5 Å². The van der Waals surface area contributed by atoms with E-state index in [1.54, 1.807) is 6.33 Å². The van der Waals surface area contributed by atoms with Crippen LogP contribution in [0.25, 0.3) is 11.0 Å². The van der Waals surface area contributed by atoms with Gasteiger partial charge in [0.2, 0.25) is 6.79 Å². The van der Waals surface area contributed by atoms with Crippen LogP contribution in [0.3, 0.4) is 0 Å². The number of aromatic nitrogens is 2. The largest absolute Gasteiger partial charge is 0.454 e. The maximum absolute atomic E-state index is 5.45. The zero-order valence-corrected chi connectivity index (χ0v) is 12.4. The van der Waals surface area contributed by atoms with Gasteiger partial charge < -0.3 is 19.8 Å². The summed E-state index contributed by atoms with van der Waals surface area (Å²) in [5, 5.41) is 3.26. The predicted octanol–water partition coefficient (Wildman–Crippen LogP) is 2.76. The number of ether oxygens (including phenoxy) is 2. The zero-order chi connectivity index (χ0) is 14.9. The number of thiocarbonyl (C=S) groups is 1. The monoisotopic (exact) mass is 311 g/mol. The molecule has 2 heterocycles. The molecule has 0 unspecified atom stereocenters. The summed E-state index contributed by atoms with van der Waals surface area (Å²) < 4.78 is 10.7. The highest BCUT2D eigenvalue weighted by molar-refractivity contribution is 7.80. The molecule has 0 fully saturated rings. The molecule has 0 radical (unpaired) electrons. The van der Waals surface area contributed by atoms with E-state index in [4.69, 9.17) is 21.7 Å². The second kappa shape index (κ2) is 5.31. The Labute approximate surface area is 132 Å². The first-order valence-corrected chi connectivity index (χ1v) is 7.30. The Morgan fingerprint density at radius 2 is 2.09 bits per heavy atom. The number of benzene rings is 2. The van der Waals surface area contributed by atoms with Crippen molar-refractivity contribution in [2.24, 2.45) is 0 Å². The summed E-state index contributed by atoms with van der Waals surface area (Å²) in [6.45, 7) is 0.922. The van der Waals surface area contributed by atoms with Crippen molar-refractivity contribution in [3.63, 3.8) is 0 Å². The molecule has 1 aliphatic rings. The van der Waals surface area contributed by atoms with Crippen molar-refractivity contribution in [1.29, 1.82) is 0 Å². The average Bonchev–Trinajstić information content (AvgIpc) is 3.19. The van der Waals surface area contributed by atoms with E-state index in [0.29, 0.717) is 11.5 Å². The highest BCUT2D eigenvalue weighted by Gasteiger charge is 2.13. The maximum atomic E-state index is 5.45. The third-order valence-corrected chi connectivity index (χ3v) is 3.95. The smallest absolute Gasteiger partial charge is 0.231 e. The van der Waals surface area contributed by atoms with Crippen LogP contribution in [-0.2, 0) is 6.54 Å². The van der Waals surface area contributed by atoms with E-state index in [1.807, 2.05) is 36.4 Å². The van der Waals surface area contributed by atoms with Crippen LogP contribution >= 0.6 is 12.2 Å². The number of nitrogens with zero attached hydrogens (tertiary/aromatic N) is 1. The van der Waals surface area contributed by atoms with E-state index in [2.05, 4.69) is 15.3 Å². The van der Waals surface area contributed by atoms with Crippen LogP contribution in [-0.4, -0.2) is 21.7 Å². The quantitative estimate of drug-likeness (QED) is 0.728. The summed E-state index contributed by atoms with van der Waals surface area (Å²) in [6, 6.07) is 11.8. The molecular formula is C16H13N3O2S. The number of imidazole rings is 1. The molecule has 0 saturated heterocycles. The van der Waals surface area contributed by atoms with Crippen LogP contribution in [0.15, 0.2) is 42.7 Å². The lowest BCUT2D eigenvalue weighted by molar-refractivity contribution is 0.174. The summed E-state index contributed by atoms with van der Waals surface area (Å²) in [7, 11) is 0. The van der Waals surface area contributed by atoms with E-state index >= 15 is 0 Å². The van der Waals surface area contributed by atoms with Gasteiger partial charge in [0, 0.05) is 12.1 Å². The lowest BCUT2D eigenvalue weighted by Crippen LogP contribution is -2.21. The summed E-state index contributed by atoms with van der Waals surface area (Å²) >= 11 is 5.45. The first-order valence-electron chi connectivity index (χ1n) is 6.89. The molecule has 0 bridgehead atoms. The molecule has 5 nitrogen and oxygen atoms in total. The molecule has 110 valence electrons. The minimum Gasteiger partial charge on any atom is -0.454 e. The fourth-order valence-corrected chi connectivity index (χ4v) is 2.61. The second-order valence-electron chi connectivity index (χ2n) is 5.00. The Kier molecular flexibility index (Phi) is 3.16. The number of fused-ring (bicyclic) bond motifs is 2. The van der Waals surface area contributed by atoms with E-state index in [9.17, 15) is 0 Å². The van der Waals surface area contributed by atoms with Crippen LogP contribution in [0.1, 0.15) is 11.1 Å². The van der Waals surface area contributed by atoms with Crippen molar-refractivity contribution in [2.45, 2.75) is 6.54 Å². The molecule has 6 heteroatoms. The van der Waals surface area contributed by atoms with E-state index in [1.165, 1.54) is 0 Å². The number of H-pyrrole nitrogens is 1. The number of rotatable bonds is 3. The van der Waals surface area contributed by atoms with Gasteiger partial charge in [0.05, 0.1) is 17.4 Å². The molecule has 1 aromatic heterocycles. The molecule has 4 rings (SSSR count). The van der Waals surface area contributed by atoms with Crippen LogP contribution in [0.5, 0.6) is 11.5 Å². The minimum absolute atomic E-state index is 0.287. The van der Waals surface area contributed by atoms with Gasteiger partial charge >= 0.3 is 0 Å². The topological polar surface area (TPSA) is 59.2 Å². The minimum atomic E-state index is 0.287. The van der Waals surface area contributed by atoms with Gasteiger partial charge in [-0.2, -0.15) is 0 Å². The van der Waals surface area contributed by atoms with Crippen molar-refractivity contribution in [3.8, 4) is 11.5 Å². The molecule has 0 atom stereocenters. The lowest BCUT2D eigenvalue weighted by Gasteiger charge is -2.09. The lowest BCUT2D eigenvalue weighted by atomic mass is 10.1. The molecule has 2 aromatic carbocycles. The summed E-state index contributed by atoms with van der Waals surface area (Å²) in [6.07, 6.45) is 1.68. The Bertz CT molecular complexity index is 859. The van der Waals surface area contributed by atoms with Crippen LogP contribution in [0, 0.1) is 0 Å². The van der Waals surface area contributed by atoms with Crippen molar-refractivity contribution < 1.29 is 9.47 Å². The second-order valence-corrected chi connectivity index (χ2v) is 5.41. The number of nitrogens with one attached hydrogen (secondary N) is 2. The molecule has 22 heavy (non-hydrogen) atoms. The first-order chi connectivity index (χ1) is 10.8. The Morgan fingerprint density at radius 3 is 3.05 bits per heavy atom. The first kappa shape index (κ1) is 13.1. The third-order valence-electron chi connectivity index (χ3n) is 3.57. The van der Waals surface area contributed by atoms with Gasteiger partial charge in [0.1, 0.15) is 4.99 Å². The van der Waals surface area contributed by atoms with Gasteiger partial charge in [0.25, 0.3) is 0 Å². The van der Waals surface area contributed by atoms with E-state index in [-0.39, 0.29) is 6.79 Å². The fraction of sp³-hybridized carbons (Fsp3) is 0.125. The molecular weight excluding hydrogens is 298 g/mol. The molecule has 3 aromatic rings. The summed E-state index contributed by atoms with van der Waals surface area (Å²) in [5.74, 6) is 1.57. The van der Waals surface area contributed by atoms with Crippen LogP contribution in [0.2, 0.25) is 0 Å². The highest BCUT2D eigenvalue weighted by Crippen LogP contribution is 2.32. The Hall–Kier alpha value is -2.60. The fourth-order valence-electron chi connectivity index (χ4n) is 2.41. The van der Waals surface area contributed by atoms with Crippen molar-refractivity contribution >= 4 is 28.2 Å². The third kappa shape index (κ3) is 2.37. The zero-order valence-electron chi connectivity index (χ0n) is 11.6.